The maximum Gasteiger partial charge on any atom is 0.524 e. The second kappa shape index (κ2) is 8.98. The predicted octanol–water partition coefficient (Wildman–Crippen LogP) is 2.71. The fraction of sp³-hybridized carbons (Fsp3) is 0.235. The Morgan fingerprint density at radius 2 is 1.48 bits per heavy atom. The summed E-state index contributed by atoms with van der Waals surface area (Å²) in [7, 11) is -5.90. The molecule has 0 heterocycles. The molecular formula is C17H16F3NO5S. The SMILES string of the molecule is O=C(OCc1ccccc1)[C@H](Cc1ccccc1)NOS(=O)(=O)C(F)(F)F. The lowest BCUT2D eigenvalue weighted by molar-refractivity contribution is -0.150. The van der Waals surface area contributed by atoms with Crippen molar-refractivity contribution < 1.29 is 35.4 Å². The van der Waals surface area contributed by atoms with Crippen LogP contribution in [0.1, 0.15) is 11.1 Å². The van der Waals surface area contributed by atoms with Crippen molar-refractivity contribution in [3.8, 4) is 0 Å². The van der Waals surface area contributed by atoms with Crippen molar-refractivity contribution in [1.82, 2.24) is 5.48 Å². The maximum atomic E-state index is 12.4. The number of alkyl halides is 3. The Morgan fingerprint density at radius 3 is 2.00 bits per heavy atom. The monoisotopic (exact) mass is 403 g/mol. The number of benzene rings is 2. The summed E-state index contributed by atoms with van der Waals surface area (Å²) >= 11 is 0. The number of halogens is 3. The third kappa shape index (κ3) is 6.35. The van der Waals surface area contributed by atoms with Crippen LogP contribution in [0.2, 0.25) is 0 Å². The van der Waals surface area contributed by atoms with Gasteiger partial charge in [-0.2, -0.15) is 31.4 Å². The molecule has 0 spiro atoms. The first-order valence-electron chi connectivity index (χ1n) is 7.69. The van der Waals surface area contributed by atoms with Crippen molar-refractivity contribution in [2.24, 2.45) is 0 Å². The van der Waals surface area contributed by atoms with Gasteiger partial charge in [0.1, 0.15) is 12.6 Å². The zero-order chi connectivity index (χ0) is 19.9. The number of rotatable bonds is 8. The summed E-state index contributed by atoms with van der Waals surface area (Å²) in [5, 5.41) is 0. The van der Waals surface area contributed by atoms with Gasteiger partial charge in [-0.1, -0.05) is 60.7 Å². The molecule has 0 aliphatic carbocycles. The van der Waals surface area contributed by atoms with Crippen molar-refractivity contribution in [3.63, 3.8) is 0 Å². The number of hydrogen-bond acceptors (Lipinski definition) is 6. The van der Waals surface area contributed by atoms with Gasteiger partial charge < -0.3 is 4.74 Å². The Kier molecular flexibility index (Phi) is 6.94. The van der Waals surface area contributed by atoms with E-state index in [-0.39, 0.29) is 13.0 Å². The Balaban J connectivity index is 2.07. The van der Waals surface area contributed by atoms with Gasteiger partial charge in [-0.3, -0.25) is 4.79 Å². The second-order valence-corrected chi connectivity index (χ2v) is 6.97. The van der Waals surface area contributed by atoms with Crippen LogP contribution in [-0.2, 0) is 37.0 Å². The van der Waals surface area contributed by atoms with E-state index in [1.807, 2.05) is 0 Å². The summed E-state index contributed by atoms with van der Waals surface area (Å²) < 4.78 is 68.2. The fourth-order valence-electron chi connectivity index (χ4n) is 2.02. The fourth-order valence-corrected chi connectivity index (χ4v) is 2.36. The summed E-state index contributed by atoms with van der Waals surface area (Å²) in [4.78, 5) is 12.2. The normalized spacial score (nSPS) is 13.1. The highest BCUT2D eigenvalue weighted by Crippen LogP contribution is 2.24. The molecular weight excluding hydrogens is 387 g/mol. The van der Waals surface area contributed by atoms with E-state index < -0.39 is 27.6 Å². The lowest BCUT2D eigenvalue weighted by atomic mass is 10.1. The number of hydrogen-bond donors (Lipinski definition) is 1. The van der Waals surface area contributed by atoms with Gasteiger partial charge >= 0.3 is 21.6 Å². The molecule has 0 aliphatic rings. The molecule has 1 N–H and O–H groups in total. The highest BCUT2D eigenvalue weighted by molar-refractivity contribution is 7.87. The topological polar surface area (TPSA) is 81.7 Å². The van der Waals surface area contributed by atoms with E-state index in [1.165, 1.54) is 0 Å². The number of carbonyl (C=O) groups excluding carboxylic acids is 1. The molecule has 0 bridgehead atoms. The van der Waals surface area contributed by atoms with Crippen LogP contribution >= 0.6 is 0 Å². The third-order valence-corrected chi connectivity index (χ3v) is 4.26. The summed E-state index contributed by atoms with van der Waals surface area (Å²) in [6, 6.07) is 15.4. The van der Waals surface area contributed by atoms with E-state index in [4.69, 9.17) is 4.74 Å². The minimum atomic E-state index is -5.90. The highest BCUT2D eigenvalue weighted by atomic mass is 32.2. The zero-order valence-corrected chi connectivity index (χ0v) is 14.7. The van der Waals surface area contributed by atoms with E-state index in [0.717, 1.165) is 0 Å². The van der Waals surface area contributed by atoms with Crippen LogP contribution in [0, 0.1) is 0 Å². The van der Waals surface area contributed by atoms with Crippen LogP contribution in [0.5, 0.6) is 0 Å². The van der Waals surface area contributed by atoms with Crippen molar-refractivity contribution in [3.05, 3.63) is 71.8 Å². The second-order valence-electron chi connectivity index (χ2n) is 5.44. The number of esters is 1. The minimum absolute atomic E-state index is 0.126. The van der Waals surface area contributed by atoms with Gasteiger partial charge in [-0.05, 0) is 11.1 Å². The van der Waals surface area contributed by atoms with E-state index in [0.29, 0.717) is 11.1 Å². The van der Waals surface area contributed by atoms with Gasteiger partial charge in [0.15, 0.2) is 0 Å². The first-order valence-corrected chi connectivity index (χ1v) is 9.09. The molecule has 2 rings (SSSR count). The standard InChI is InChI=1S/C17H16F3NO5S/c18-17(19,20)27(23,24)26-21-15(11-13-7-3-1-4-8-13)16(22)25-12-14-9-5-2-6-10-14/h1-10,15,21H,11-12H2/t15-/m0/s1. The van der Waals surface area contributed by atoms with Crippen LogP contribution < -0.4 is 5.48 Å². The molecule has 0 aromatic heterocycles. The van der Waals surface area contributed by atoms with Crippen LogP contribution in [0.15, 0.2) is 60.7 Å². The summed E-state index contributed by atoms with van der Waals surface area (Å²) in [5.41, 5.74) is -2.72. The average Bonchev–Trinajstić information content (AvgIpc) is 2.64. The Morgan fingerprint density at radius 1 is 0.963 bits per heavy atom. The molecule has 1 atom stereocenters. The molecule has 10 heteroatoms. The molecule has 0 saturated carbocycles. The van der Waals surface area contributed by atoms with E-state index in [2.05, 4.69) is 4.28 Å². The predicted molar refractivity (Wildman–Crippen MR) is 89.4 cm³/mol. The van der Waals surface area contributed by atoms with E-state index >= 15 is 0 Å². The van der Waals surface area contributed by atoms with Gasteiger partial charge in [0.2, 0.25) is 0 Å². The number of nitrogens with one attached hydrogen (secondary N) is 1. The highest BCUT2D eigenvalue weighted by Gasteiger charge is 2.48. The molecule has 6 nitrogen and oxygen atoms in total. The molecule has 0 amide bonds. The van der Waals surface area contributed by atoms with Gasteiger partial charge in [-0.25, -0.2) is 0 Å². The maximum absolute atomic E-state index is 12.4. The molecule has 0 unspecified atom stereocenters. The van der Waals surface area contributed by atoms with Gasteiger partial charge in [-0.15, -0.1) is 0 Å². The Labute approximate surface area is 154 Å². The van der Waals surface area contributed by atoms with Crippen molar-refractivity contribution in [2.45, 2.75) is 24.6 Å². The largest absolute Gasteiger partial charge is 0.524 e. The van der Waals surface area contributed by atoms with Crippen LogP contribution in [0.4, 0.5) is 13.2 Å². The Hall–Kier alpha value is -2.43. The summed E-state index contributed by atoms with van der Waals surface area (Å²) in [5.74, 6) is -0.958. The molecule has 0 fully saturated rings. The number of hydroxylamine groups is 1. The number of ether oxygens (including phenoxy) is 1. The average molecular weight is 403 g/mol. The Bertz CT molecular complexity index is 842. The summed E-state index contributed by atoms with van der Waals surface area (Å²) in [6.07, 6.45) is -0.137. The lowest BCUT2D eigenvalue weighted by Crippen LogP contribution is -2.43. The van der Waals surface area contributed by atoms with Crippen molar-refractivity contribution >= 4 is 16.1 Å². The molecule has 2 aromatic carbocycles. The molecule has 2 aromatic rings. The molecule has 27 heavy (non-hydrogen) atoms. The van der Waals surface area contributed by atoms with Gasteiger partial charge in [0.25, 0.3) is 0 Å². The lowest BCUT2D eigenvalue weighted by Gasteiger charge is -2.18. The molecule has 146 valence electrons. The number of carbonyl (C=O) groups is 1. The van der Waals surface area contributed by atoms with E-state index in [1.54, 1.807) is 66.1 Å². The van der Waals surface area contributed by atoms with Crippen molar-refractivity contribution in [2.75, 3.05) is 0 Å². The van der Waals surface area contributed by atoms with Gasteiger partial charge in [0, 0.05) is 6.42 Å². The molecule has 0 radical (unpaired) electrons. The van der Waals surface area contributed by atoms with Crippen LogP contribution in [-0.4, -0.2) is 25.9 Å². The molecule has 0 aliphatic heterocycles. The van der Waals surface area contributed by atoms with Crippen LogP contribution in [0.3, 0.4) is 0 Å². The zero-order valence-electron chi connectivity index (χ0n) is 13.8. The van der Waals surface area contributed by atoms with E-state index in [9.17, 15) is 26.4 Å². The van der Waals surface area contributed by atoms with Gasteiger partial charge in [0.05, 0.1) is 0 Å². The van der Waals surface area contributed by atoms with Crippen LogP contribution in [0.25, 0.3) is 0 Å². The van der Waals surface area contributed by atoms with Crippen molar-refractivity contribution in [1.29, 1.82) is 0 Å². The first kappa shape index (κ1) is 20.9. The molecule has 0 saturated heterocycles. The third-order valence-electron chi connectivity index (χ3n) is 3.37. The summed E-state index contributed by atoms with van der Waals surface area (Å²) in [6.45, 7) is -0.126. The first-order chi connectivity index (χ1) is 12.7. The quantitative estimate of drug-likeness (QED) is 0.415. The smallest absolute Gasteiger partial charge is 0.460 e. The minimum Gasteiger partial charge on any atom is -0.460 e.